The predicted molar refractivity (Wildman–Crippen MR) is 84.8 cm³/mol. The molecule has 1 aromatic carbocycles. The smallest absolute Gasteiger partial charge is 0.128 e. The predicted octanol–water partition coefficient (Wildman–Crippen LogP) is 2.64. The highest BCUT2D eigenvalue weighted by Gasteiger charge is 2.21. The maximum atomic E-state index is 13.4. The summed E-state index contributed by atoms with van der Waals surface area (Å²) in [4.78, 5) is 0. The number of halogens is 1. The molecule has 5 heteroatoms. The molecule has 2 N–H and O–H groups in total. The van der Waals surface area contributed by atoms with Gasteiger partial charge in [-0.3, -0.25) is 4.68 Å². The Hall–Kier alpha value is -1.72. The highest BCUT2D eigenvalue weighted by molar-refractivity contribution is 5.26. The van der Waals surface area contributed by atoms with E-state index in [1.807, 2.05) is 17.9 Å². The van der Waals surface area contributed by atoms with Crippen LogP contribution in [0.25, 0.3) is 0 Å². The lowest BCUT2D eigenvalue weighted by Gasteiger charge is -2.17. The second-order valence-electron chi connectivity index (χ2n) is 6.61. The molecule has 4 nitrogen and oxygen atoms in total. The molecule has 2 rings (SSSR count). The first-order valence-corrected chi connectivity index (χ1v) is 7.43. The summed E-state index contributed by atoms with van der Waals surface area (Å²) in [6.45, 7) is 7.47. The van der Waals surface area contributed by atoms with E-state index in [4.69, 9.17) is 5.11 Å². The van der Waals surface area contributed by atoms with Gasteiger partial charge >= 0.3 is 0 Å². The molecule has 0 unspecified atom stereocenters. The van der Waals surface area contributed by atoms with Crippen LogP contribution in [0, 0.1) is 5.82 Å². The van der Waals surface area contributed by atoms with Gasteiger partial charge < -0.3 is 10.4 Å². The zero-order chi connectivity index (χ0) is 16.3. The third-order valence-corrected chi connectivity index (χ3v) is 3.54. The van der Waals surface area contributed by atoms with Crippen molar-refractivity contribution >= 4 is 0 Å². The van der Waals surface area contributed by atoms with Gasteiger partial charge in [0.25, 0.3) is 0 Å². The van der Waals surface area contributed by atoms with E-state index in [9.17, 15) is 4.39 Å². The summed E-state index contributed by atoms with van der Waals surface area (Å²) in [7, 11) is 1.92. The normalized spacial score (nSPS) is 11.9. The fourth-order valence-corrected chi connectivity index (χ4v) is 2.50. The molecule has 0 aliphatic carbocycles. The number of benzene rings is 1. The highest BCUT2D eigenvalue weighted by atomic mass is 19.1. The Morgan fingerprint density at radius 1 is 1.23 bits per heavy atom. The van der Waals surface area contributed by atoms with Gasteiger partial charge in [0.1, 0.15) is 5.82 Å². The van der Waals surface area contributed by atoms with Crippen LogP contribution in [-0.4, -0.2) is 14.9 Å². The van der Waals surface area contributed by atoms with Crippen LogP contribution in [0.5, 0.6) is 0 Å². The Balaban J connectivity index is 2.03. The van der Waals surface area contributed by atoms with Crippen LogP contribution in [0.4, 0.5) is 4.39 Å². The van der Waals surface area contributed by atoms with Gasteiger partial charge in [-0.2, -0.15) is 5.10 Å². The molecule has 0 spiro atoms. The molecule has 0 aliphatic rings. The Labute approximate surface area is 131 Å². The number of aryl methyl sites for hydroxylation is 1. The van der Waals surface area contributed by atoms with E-state index in [-0.39, 0.29) is 17.8 Å². The lowest BCUT2D eigenvalue weighted by atomic mass is 9.89. The van der Waals surface area contributed by atoms with E-state index in [1.165, 1.54) is 11.6 Å². The van der Waals surface area contributed by atoms with Gasteiger partial charge in [-0.1, -0.05) is 26.8 Å². The van der Waals surface area contributed by atoms with Gasteiger partial charge in [-0.05, 0) is 17.7 Å². The van der Waals surface area contributed by atoms with E-state index in [1.54, 1.807) is 12.1 Å². The summed E-state index contributed by atoms with van der Waals surface area (Å²) in [5.74, 6) is -0.367. The summed E-state index contributed by atoms with van der Waals surface area (Å²) >= 11 is 0. The maximum absolute atomic E-state index is 13.4. The van der Waals surface area contributed by atoms with E-state index >= 15 is 0 Å². The summed E-state index contributed by atoms with van der Waals surface area (Å²) in [6, 6.07) is 4.82. The molecule has 0 fully saturated rings. The third-order valence-electron chi connectivity index (χ3n) is 3.54. The molecule has 0 aliphatic heterocycles. The van der Waals surface area contributed by atoms with Crippen LogP contribution in [0.3, 0.4) is 0 Å². The van der Waals surface area contributed by atoms with Gasteiger partial charge in [0.15, 0.2) is 0 Å². The van der Waals surface area contributed by atoms with Crippen LogP contribution in [0.1, 0.15) is 43.2 Å². The van der Waals surface area contributed by atoms with Crippen LogP contribution in [0.15, 0.2) is 24.4 Å². The van der Waals surface area contributed by atoms with Crippen molar-refractivity contribution in [2.45, 2.75) is 45.9 Å². The standard InChI is InChI=1S/C17H24FN3O/c1-17(2,3)16-14(10-21(4)20-16)9-19-8-12-5-6-15(18)13(7-12)11-22/h5-7,10,19,22H,8-9,11H2,1-4H3. The van der Waals surface area contributed by atoms with Crippen molar-refractivity contribution < 1.29 is 9.50 Å². The lowest BCUT2D eigenvalue weighted by molar-refractivity contribution is 0.275. The second-order valence-corrected chi connectivity index (χ2v) is 6.61. The van der Waals surface area contributed by atoms with Gasteiger partial charge in [-0.25, -0.2) is 4.39 Å². The van der Waals surface area contributed by atoms with E-state index < -0.39 is 0 Å². The fourth-order valence-electron chi connectivity index (χ4n) is 2.50. The summed E-state index contributed by atoms with van der Waals surface area (Å²) in [6.07, 6.45) is 2.03. The summed E-state index contributed by atoms with van der Waals surface area (Å²) < 4.78 is 15.2. The van der Waals surface area contributed by atoms with E-state index in [0.29, 0.717) is 18.7 Å². The van der Waals surface area contributed by atoms with Crippen molar-refractivity contribution in [3.05, 3.63) is 52.6 Å². The number of rotatable bonds is 5. The van der Waals surface area contributed by atoms with Gasteiger partial charge in [0.05, 0.1) is 12.3 Å². The molecular weight excluding hydrogens is 281 g/mol. The topological polar surface area (TPSA) is 50.1 Å². The molecular formula is C17H24FN3O. The third kappa shape index (κ3) is 3.93. The first-order chi connectivity index (χ1) is 10.3. The Morgan fingerprint density at radius 3 is 2.59 bits per heavy atom. The average molecular weight is 305 g/mol. The molecule has 0 radical (unpaired) electrons. The van der Waals surface area contributed by atoms with Crippen molar-refractivity contribution in [2.24, 2.45) is 7.05 Å². The van der Waals surface area contributed by atoms with Crippen molar-refractivity contribution in [2.75, 3.05) is 0 Å². The number of nitrogens with one attached hydrogen (secondary N) is 1. The number of nitrogens with zero attached hydrogens (tertiary/aromatic N) is 2. The first-order valence-electron chi connectivity index (χ1n) is 7.43. The van der Waals surface area contributed by atoms with Crippen LogP contribution in [-0.2, 0) is 32.2 Å². The minimum absolute atomic E-state index is 0.00178. The highest BCUT2D eigenvalue weighted by Crippen LogP contribution is 2.24. The number of aliphatic hydroxyl groups is 1. The minimum atomic E-state index is -0.367. The largest absolute Gasteiger partial charge is 0.392 e. The quantitative estimate of drug-likeness (QED) is 0.893. The minimum Gasteiger partial charge on any atom is -0.392 e. The molecule has 1 heterocycles. The van der Waals surface area contributed by atoms with E-state index in [0.717, 1.165) is 11.3 Å². The summed E-state index contributed by atoms with van der Waals surface area (Å²) in [5.41, 5.74) is 3.53. The molecule has 1 aromatic heterocycles. The van der Waals surface area contributed by atoms with Crippen molar-refractivity contribution in [1.29, 1.82) is 0 Å². The Morgan fingerprint density at radius 2 is 1.95 bits per heavy atom. The van der Waals surface area contributed by atoms with Crippen LogP contribution in [0.2, 0.25) is 0 Å². The SMILES string of the molecule is Cn1cc(CNCc2ccc(F)c(CO)c2)c(C(C)(C)C)n1. The zero-order valence-corrected chi connectivity index (χ0v) is 13.7. The van der Waals surface area contributed by atoms with E-state index in [2.05, 4.69) is 31.2 Å². The number of hydrogen-bond acceptors (Lipinski definition) is 3. The number of aromatic nitrogens is 2. The lowest BCUT2D eigenvalue weighted by Crippen LogP contribution is -2.19. The molecule has 0 saturated heterocycles. The van der Waals surface area contributed by atoms with Crippen LogP contribution >= 0.6 is 0 Å². The first kappa shape index (κ1) is 16.6. The number of hydrogen-bond donors (Lipinski definition) is 2. The molecule has 2 aromatic rings. The van der Waals surface area contributed by atoms with Gasteiger partial charge in [-0.15, -0.1) is 0 Å². The molecule has 0 amide bonds. The number of aliphatic hydroxyl groups excluding tert-OH is 1. The van der Waals surface area contributed by atoms with Gasteiger partial charge in [0, 0.05) is 42.9 Å². The molecule has 0 saturated carbocycles. The molecule has 22 heavy (non-hydrogen) atoms. The van der Waals surface area contributed by atoms with Crippen molar-refractivity contribution in [1.82, 2.24) is 15.1 Å². The monoisotopic (exact) mass is 305 g/mol. The average Bonchev–Trinajstić information content (AvgIpc) is 2.82. The van der Waals surface area contributed by atoms with Crippen LogP contribution < -0.4 is 5.32 Å². The Kier molecular flexibility index (Phi) is 4.98. The fraction of sp³-hybridized carbons (Fsp3) is 0.471. The zero-order valence-electron chi connectivity index (χ0n) is 13.7. The summed E-state index contributed by atoms with van der Waals surface area (Å²) in [5, 5.41) is 17.0. The molecule has 0 atom stereocenters. The van der Waals surface area contributed by atoms with Crippen molar-refractivity contribution in [3.8, 4) is 0 Å². The Bertz CT molecular complexity index is 644. The van der Waals surface area contributed by atoms with Gasteiger partial charge in [0.2, 0.25) is 0 Å². The van der Waals surface area contributed by atoms with Crippen molar-refractivity contribution in [3.63, 3.8) is 0 Å². The second kappa shape index (κ2) is 6.58. The maximum Gasteiger partial charge on any atom is 0.128 e. The molecule has 120 valence electrons. The molecule has 0 bridgehead atoms.